The lowest BCUT2D eigenvalue weighted by atomic mass is 10.2. The average Bonchev–Trinajstić information content (AvgIpc) is 2.95. The van der Waals surface area contributed by atoms with Crippen LogP contribution in [0.25, 0.3) is 5.65 Å². The molecule has 0 radical (unpaired) electrons. The van der Waals surface area contributed by atoms with E-state index in [4.69, 9.17) is 0 Å². The maximum atomic E-state index is 13.9. The highest BCUT2D eigenvalue weighted by Crippen LogP contribution is 2.20. The summed E-state index contributed by atoms with van der Waals surface area (Å²) in [6, 6.07) is 10.3. The smallest absolute Gasteiger partial charge is 0.274 e. The van der Waals surface area contributed by atoms with Crippen molar-refractivity contribution in [3.8, 4) is 0 Å². The van der Waals surface area contributed by atoms with Gasteiger partial charge in [-0.2, -0.15) is 5.10 Å². The Labute approximate surface area is 150 Å². The van der Waals surface area contributed by atoms with Gasteiger partial charge in [-0.3, -0.25) is 4.79 Å². The molecule has 1 aromatic carbocycles. The number of para-hydroxylation sites is 1. The molecular formula is C19H20FN5O. The van der Waals surface area contributed by atoms with Crippen molar-refractivity contribution >= 4 is 17.2 Å². The number of nitrogens with zero attached hydrogens (tertiary/aromatic N) is 5. The molecule has 0 spiro atoms. The largest absolute Gasteiger partial charge is 0.366 e. The molecular weight excluding hydrogens is 333 g/mol. The normalized spacial score (nSPS) is 14.9. The van der Waals surface area contributed by atoms with Crippen molar-refractivity contribution in [2.45, 2.75) is 13.8 Å². The molecule has 0 bridgehead atoms. The maximum Gasteiger partial charge on any atom is 0.274 e. The van der Waals surface area contributed by atoms with Crippen LogP contribution in [-0.4, -0.2) is 51.6 Å². The topological polar surface area (TPSA) is 53.7 Å². The summed E-state index contributed by atoms with van der Waals surface area (Å²) < 4.78 is 15.6. The Hall–Kier alpha value is -2.96. The number of benzene rings is 1. The van der Waals surface area contributed by atoms with Crippen molar-refractivity contribution < 1.29 is 9.18 Å². The molecule has 0 saturated carbocycles. The Morgan fingerprint density at radius 3 is 2.50 bits per heavy atom. The van der Waals surface area contributed by atoms with Crippen molar-refractivity contribution in [1.29, 1.82) is 0 Å². The van der Waals surface area contributed by atoms with E-state index in [0.717, 1.165) is 17.0 Å². The molecule has 134 valence electrons. The number of rotatable bonds is 2. The van der Waals surface area contributed by atoms with Crippen LogP contribution in [0.15, 0.2) is 36.4 Å². The third-order valence-electron chi connectivity index (χ3n) is 4.92. The van der Waals surface area contributed by atoms with Crippen LogP contribution >= 0.6 is 0 Å². The van der Waals surface area contributed by atoms with Crippen LogP contribution in [0.1, 0.15) is 21.9 Å². The van der Waals surface area contributed by atoms with E-state index in [-0.39, 0.29) is 11.7 Å². The molecule has 4 rings (SSSR count). The van der Waals surface area contributed by atoms with Crippen LogP contribution in [-0.2, 0) is 0 Å². The number of aryl methyl sites for hydroxylation is 2. The first-order valence-corrected chi connectivity index (χ1v) is 8.66. The second-order valence-corrected chi connectivity index (χ2v) is 6.50. The van der Waals surface area contributed by atoms with Gasteiger partial charge in [0.1, 0.15) is 11.5 Å². The Kier molecular flexibility index (Phi) is 4.06. The Balaban J connectivity index is 1.50. The number of hydrogen-bond acceptors (Lipinski definition) is 4. The number of aromatic nitrogens is 3. The summed E-state index contributed by atoms with van der Waals surface area (Å²) in [6.07, 6.45) is 0. The predicted molar refractivity (Wildman–Crippen MR) is 97.0 cm³/mol. The predicted octanol–water partition coefficient (Wildman–Crippen LogP) is 2.45. The van der Waals surface area contributed by atoms with E-state index in [1.807, 2.05) is 30.9 Å². The van der Waals surface area contributed by atoms with Crippen LogP contribution in [0.2, 0.25) is 0 Å². The number of fused-ring (bicyclic) bond motifs is 1. The van der Waals surface area contributed by atoms with E-state index in [1.54, 1.807) is 27.6 Å². The van der Waals surface area contributed by atoms with Gasteiger partial charge in [0, 0.05) is 26.2 Å². The molecule has 0 aliphatic carbocycles. The van der Waals surface area contributed by atoms with Gasteiger partial charge in [-0.05, 0) is 38.1 Å². The van der Waals surface area contributed by atoms with Crippen molar-refractivity contribution in [3.63, 3.8) is 0 Å². The van der Waals surface area contributed by atoms with Crippen LogP contribution in [0, 0.1) is 19.7 Å². The molecule has 1 fully saturated rings. The lowest BCUT2D eigenvalue weighted by molar-refractivity contribution is 0.0739. The van der Waals surface area contributed by atoms with E-state index in [9.17, 15) is 9.18 Å². The summed E-state index contributed by atoms with van der Waals surface area (Å²) in [7, 11) is 0. The molecule has 1 saturated heterocycles. The first-order valence-electron chi connectivity index (χ1n) is 8.66. The van der Waals surface area contributed by atoms with E-state index in [2.05, 4.69) is 10.1 Å². The lowest BCUT2D eigenvalue weighted by Crippen LogP contribution is -2.49. The van der Waals surface area contributed by atoms with E-state index < -0.39 is 0 Å². The van der Waals surface area contributed by atoms with Crippen LogP contribution in [0.3, 0.4) is 0 Å². The maximum absolute atomic E-state index is 13.9. The van der Waals surface area contributed by atoms with E-state index >= 15 is 0 Å². The average molecular weight is 353 g/mol. The van der Waals surface area contributed by atoms with Crippen LogP contribution in [0.5, 0.6) is 0 Å². The third kappa shape index (κ3) is 2.79. The molecule has 3 aromatic rings. The second-order valence-electron chi connectivity index (χ2n) is 6.50. The van der Waals surface area contributed by atoms with Crippen molar-refractivity contribution in [2.24, 2.45) is 0 Å². The first-order chi connectivity index (χ1) is 12.5. The number of carbonyl (C=O) groups excluding carboxylic acids is 1. The van der Waals surface area contributed by atoms with Gasteiger partial charge in [0.25, 0.3) is 5.91 Å². The Morgan fingerprint density at radius 2 is 1.77 bits per heavy atom. The molecule has 0 unspecified atom stereocenters. The third-order valence-corrected chi connectivity index (χ3v) is 4.92. The van der Waals surface area contributed by atoms with Crippen molar-refractivity contribution in [3.05, 3.63) is 59.3 Å². The highest BCUT2D eigenvalue weighted by atomic mass is 19.1. The van der Waals surface area contributed by atoms with E-state index in [0.29, 0.717) is 37.6 Å². The number of halogens is 1. The minimum Gasteiger partial charge on any atom is -0.366 e. The van der Waals surface area contributed by atoms with E-state index in [1.165, 1.54) is 6.07 Å². The lowest BCUT2D eigenvalue weighted by Gasteiger charge is -2.36. The fourth-order valence-electron chi connectivity index (χ4n) is 3.29. The SMILES string of the molecule is Cc1nc2ccc(C(=O)N3CCN(c4ccccc4F)CC3)nn2c1C. The highest BCUT2D eigenvalue weighted by Gasteiger charge is 2.24. The van der Waals surface area contributed by atoms with Crippen LogP contribution in [0.4, 0.5) is 10.1 Å². The van der Waals surface area contributed by atoms with Crippen molar-refractivity contribution in [2.75, 3.05) is 31.1 Å². The fraction of sp³-hybridized carbons (Fsp3) is 0.316. The van der Waals surface area contributed by atoms with Gasteiger partial charge in [0.15, 0.2) is 5.65 Å². The van der Waals surface area contributed by atoms with Gasteiger partial charge in [-0.15, -0.1) is 0 Å². The van der Waals surface area contributed by atoms with Gasteiger partial charge in [-0.1, -0.05) is 12.1 Å². The summed E-state index contributed by atoms with van der Waals surface area (Å²) in [5, 5.41) is 4.45. The number of imidazole rings is 1. The quantitative estimate of drug-likeness (QED) is 0.710. The summed E-state index contributed by atoms with van der Waals surface area (Å²) in [4.78, 5) is 21.0. The number of hydrogen-bond donors (Lipinski definition) is 0. The molecule has 3 heterocycles. The highest BCUT2D eigenvalue weighted by molar-refractivity contribution is 5.92. The summed E-state index contributed by atoms with van der Waals surface area (Å²) in [5.74, 6) is -0.337. The molecule has 6 nitrogen and oxygen atoms in total. The molecule has 1 amide bonds. The fourth-order valence-corrected chi connectivity index (χ4v) is 3.29. The molecule has 0 atom stereocenters. The molecule has 26 heavy (non-hydrogen) atoms. The number of piperazine rings is 1. The van der Waals surface area contributed by atoms with Gasteiger partial charge in [-0.25, -0.2) is 13.9 Å². The second kappa shape index (κ2) is 6.40. The summed E-state index contributed by atoms with van der Waals surface area (Å²) in [5.41, 5.74) is 3.56. The Morgan fingerprint density at radius 1 is 1.04 bits per heavy atom. The number of amides is 1. The van der Waals surface area contributed by atoms with Crippen molar-refractivity contribution in [1.82, 2.24) is 19.5 Å². The molecule has 0 N–H and O–H groups in total. The van der Waals surface area contributed by atoms with Gasteiger partial charge >= 0.3 is 0 Å². The zero-order chi connectivity index (χ0) is 18.3. The van der Waals surface area contributed by atoms with Gasteiger partial charge in [0.2, 0.25) is 0 Å². The molecule has 1 aliphatic rings. The summed E-state index contributed by atoms with van der Waals surface area (Å²) in [6.45, 7) is 6.12. The molecule has 2 aromatic heterocycles. The monoisotopic (exact) mass is 353 g/mol. The number of carbonyl (C=O) groups is 1. The standard InChI is InChI=1S/C19H20FN5O/c1-13-14(2)25-18(21-13)8-7-16(22-25)19(26)24-11-9-23(10-12-24)17-6-4-3-5-15(17)20/h3-8H,9-12H2,1-2H3. The summed E-state index contributed by atoms with van der Waals surface area (Å²) >= 11 is 0. The zero-order valence-corrected chi connectivity index (χ0v) is 14.8. The molecule has 7 heteroatoms. The van der Waals surface area contributed by atoms with Gasteiger partial charge < -0.3 is 9.80 Å². The Bertz CT molecular complexity index is 975. The van der Waals surface area contributed by atoms with Crippen LogP contribution < -0.4 is 4.90 Å². The molecule has 1 aliphatic heterocycles. The zero-order valence-electron chi connectivity index (χ0n) is 14.8. The van der Waals surface area contributed by atoms with Gasteiger partial charge in [0.05, 0.1) is 17.1 Å². The minimum atomic E-state index is -0.231. The number of anilines is 1. The first kappa shape index (κ1) is 16.5. The minimum absolute atomic E-state index is 0.106.